The smallest absolute Gasteiger partial charge is 0.159 e. The van der Waals surface area contributed by atoms with Crippen molar-refractivity contribution in [3.8, 4) is 12.1 Å². The van der Waals surface area contributed by atoms with Gasteiger partial charge in [0.05, 0.1) is 15.7 Å². The molecule has 0 spiro atoms. The summed E-state index contributed by atoms with van der Waals surface area (Å²) in [4.78, 5) is 0. The molecular weight excluding hydrogens is 277 g/mol. The maximum absolute atomic E-state index is 8.79. The van der Waals surface area contributed by atoms with E-state index in [0.29, 0.717) is 20.8 Å². The number of allylic oxidation sites excluding steroid dienone is 1. The second-order valence-electron chi connectivity index (χ2n) is 2.85. The molecule has 0 aliphatic rings. The fraction of sp³-hybridized carbons (Fsp3) is 0.0909. The molecule has 17 heavy (non-hydrogen) atoms. The van der Waals surface area contributed by atoms with Gasteiger partial charge in [-0.15, -0.1) is 11.8 Å². The van der Waals surface area contributed by atoms with E-state index in [-0.39, 0.29) is 5.57 Å². The quantitative estimate of drug-likeness (QED) is 0.851. The summed E-state index contributed by atoms with van der Waals surface area (Å²) < 4.78 is 0. The van der Waals surface area contributed by atoms with Gasteiger partial charge in [-0.1, -0.05) is 29.3 Å². The van der Waals surface area contributed by atoms with Crippen LogP contribution in [-0.4, -0.2) is 6.26 Å². The molecule has 1 aromatic rings. The lowest BCUT2D eigenvalue weighted by Crippen LogP contribution is -2.00. The Labute approximate surface area is 114 Å². The van der Waals surface area contributed by atoms with Crippen LogP contribution in [0.1, 0.15) is 0 Å². The Bertz CT molecular complexity index is 504. The van der Waals surface area contributed by atoms with Gasteiger partial charge in [0.25, 0.3) is 0 Å². The second kappa shape index (κ2) is 6.42. The Kier molecular flexibility index (Phi) is 5.18. The maximum Gasteiger partial charge on any atom is 0.159 e. The number of anilines is 1. The molecule has 0 radical (unpaired) electrons. The highest BCUT2D eigenvalue weighted by molar-refractivity contribution is 8.02. The molecular formula is C11H7Cl2N3S. The molecule has 1 rings (SSSR count). The van der Waals surface area contributed by atoms with Crippen LogP contribution in [0.4, 0.5) is 5.69 Å². The van der Waals surface area contributed by atoms with E-state index in [1.807, 2.05) is 12.1 Å². The van der Waals surface area contributed by atoms with Gasteiger partial charge in [-0.25, -0.2) is 0 Å². The van der Waals surface area contributed by atoms with E-state index in [1.54, 1.807) is 24.5 Å². The molecule has 0 aliphatic carbocycles. The van der Waals surface area contributed by atoms with Crippen LogP contribution < -0.4 is 5.32 Å². The lowest BCUT2D eigenvalue weighted by molar-refractivity contribution is 1.43. The standard InChI is InChI=1S/C11H7Cl2N3S/c1-17-11(7(5-14)6-15)16-10-8(12)3-2-4-9(10)13/h2-4,16H,1H3. The zero-order valence-electron chi connectivity index (χ0n) is 8.79. The molecule has 0 heterocycles. The van der Waals surface area contributed by atoms with E-state index in [9.17, 15) is 0 Å². The van der Waals surface area contributed by atoms with Crippen molar-refractivity contribution in [2.45, 2.75) is 0 Å². The second-order valence-corrected chi connectivity index (χ2v) is 4.48. The van der Waals surface area contributed by atoms with Crippen LogP contribution >= 0.6 is 35.0 Å². The molecule has 86 valence electrons. The fourth-order valence-corrected chi connectivity index (χ4v) is 2.06. The minimum atomic E-state index is -0.00603. The summed E-state index contributed by atoms with van der Waals surface area (Å²) in [6.07, 6.45) is 1.75. The van der Waals surface area contributed by atoms with Gasteiger partial charge in [0.2, 0.25) is 0 Å². The topological polar surface area (TPSA) is 59.6 Å². The van der Waals surface area contributed by atoms with Crippen LogP contribution in [0.15, 0.2) is 28.8 Å². The third-order valence-corrected chi connectivity index (χ3v) is 3.20. The van der Waals surface area contributed by atoms with E-state index in [2.05, 4.69) is 5.32 Å². The van der Waals surface area contributed by atoms with Gasteiger partial charge in [-0.2, -0.15) is 10.5 Å². The summed E-state index contributed by atoms with van der Waals surface area (Å²) in [6.45, 7) is 0. The summed E-state index contributed by atoms with van der Waals surface area (Å²) in [5, 5.41) is 21.8. The number of para-hydroxylation sites is 1. The van der Waals surface area contributed by atoms with Gasteiger partial charge in [0, 0.05) is 0 Å². The lowest BCUT2D eigenvalue weighted by atomic mass is 10.3. The summed E-state index contributed by atoms with van der Waals surface area (Å²) in [7, 11) is 0. The first-order valence-corrected chi connectivity index (χ1v) is 6.41. The van der Waals surface area contributed by atoms with Crippen LogP contribution in [0, 0.1) is 22.7 Å². The molecule has 0 aromatic heterocycles. The molecule has 0 atom stereocenters. The minimum Gasteiger partial charge on any atom is -0.346 e. The lowest BCUT2D eigenvalue weighted by Gasteiger charge is -2.11. The fourth-order valence-electron chi connectivity index (χ4n) is 1.07. The number of hydrogen-bond acceptors (Lipinski definition) is 4. The highest BCUT2D eigenvalue weighted by atomic mass is 35.5. The number of halogens is 2. The van der Waals surface area contributed by atoms with E-state index < -0.39 is 0 Å². The predicted molar refractivity (Wildman–Crippen MR) is 71.9 cm³/mol. The first-order chi connectivity index (χ1) is 8.13. The largest absolute Gasteiger partial charge is 0.346 e. The summed E-state index contributed by atoms with van der Waals surface area (Å²) in [5.74, 6) is 0. The zero-order chi connectivity index (χ0) is 12.8. The van der Waals surface area contributed by atoms with Crippen LogP contribution in [0.25, 0.3) is 0 Å². The molecule has 1 aromatic carbocycles. The van der Waals surface area contributed by atoms with Gasteiger partial charge in [0.15, 0.2) is 5.57 Å². The summed E-state index contributed by atoms with van der Waals surface area (Å²) >= 11 is 13.2. The Morgan fingerprint density at radius 1 is 1.24 bits per heavy atom. The normalized spacial score (nSPS) is 9.00. The van der Waals surface area contributed by atoms with E-state index in [0.717, 1.165) is 0 Å². The van der Waals surface area contributed by atoms with Gasteiger partial charge in [-0.3, -0.25) is 0 Å². The Morgan fingerprint density at radius 2 is 1.76 bits per heavy atom. The molecule has 6 heteroatoms. The third-order valence-electron chi connectivity index (χ3n) is 1.86. The molecule has 0 amide bonds. The molecule has 1 N–H and O–H groups in total. The number of benzene rings is 1. The Hall–Kier alpha value is -1.33. The van der Waals surface area contributed by atoms with Gasteiger partial charge >= 0.3 is 0 Å². The summed E-state index contributed by atoms with van der Waals surface area (Å²) in [5.41, 5.74) is 0.483. The van der Waals surface area contributed by atoms with Crippen molar-refractivity contribution in [3.05, 3.63) is 38.8 Å². The molecule has 0 fully saturated rings. The number of nitrogens with one attached hydrogen (secondary N) is 1. The first-order valence-electron chi connectivity index (χ1n) is 4.43. The molecule has 0 aliphatic heterocycles. The van der Waals surface area contributed by atoms with Crippen LogP contribution in [0.3, 0.4) is 0 Å². The van der Waals surface area contributed by atoms with Crippen molar-refractivity contribution in [1.29, 1.82) is 10.5 Å². The molecule has 0 saturated heterocycles. The average Bonchev–Trinajstić information content (AvgIpc) is 2.33. The van der Waals surface area contributed by atoms with Crippen LogP contribution in [-0.2, 0) is 0 Å². The van der Waals surface area contributed by atoms with E-state index in [1.165, 1.54) is 11.8 Å². The minimum absolute atomic E-state index is 0.00603. The molecule has 0 unspecified atom stereocenters. The summed E-state index contributed by atoms with van der Waals surface area (Å²) in [6, 6.07) is 8.68. The molecule has 3 nitrogen and oxygen atoms in total. The van der Waals surface area contributed by atoms with E-state index in [4.69, 9.17) is 33.7 Å². The highest BCUT2D eigenvalue weighted by Crippen LogP contribution is 2.33. The van der Waals surface area contributed by atoms with Crippen molar-refractivity contribution in [2.75, 3.05) is 11.6 Å². The number of hydrogen-bond donors (Lipinski definition) is 1. The number of nitrogens with zero attached hydrogens (tertiary/aromatic N) is 2. The number of nitriles is 2. The van der Waals surface area contributed by atoms with Crippen molar-refractivity contribution >= 4 is 40.7 Å². The van der Waals surface area contributed by atoms with E-state index >= 15 is 0 Å². The maximum atomic E-state index is 8.79. The van der Waals surface area contributed by atoms with Crippen molar-refractivity contribution < 1.29 is 0 Å². The Balaban J connectivity index is 3.19. The van der Waals surface area contributed by atoms with Gasteiger partial charge in [0.1, 0.15) is 17.2 Å². The predicted octanol–water partition coefficient (Wildman–Crippen LogP) is 4.03. The highest BCUT2D eigenvalue weighted by Gasteiger charge is 2.10. The van der Waals surface area contributed by atoms with Gasteiger partial charge < -0.3 is 5.32 Å². The average molecular weight is 284 g/mol. The Morgan fingerprint density at radius 3 is 2.18 bits per heavy atom. The monoisotopic (exact) mass is 283 g/mol. The SMILES string of the molecule is CSC(Nc1c(Cl)cccc1Cl)=C(C#N)C#N. The molecule has 0 saturated carbocycles. The van der Waals surface area contributed by atoms with Crippen molar-refractivity contribution in [1.82, 2.24) is 0 Å². The number of thioether (sulfide) groups is 1. The van der Waals surface area contributed by atoms with Crippen molar-refractivity contribution in [2.24, 2.45) is 0 Å². The van der Waals surface area contributed by atoms with Gasteiger partial charge in [-0.05, 0) is 18.4 Å². The molecule has 0 bridgehead atoms. The van der Waals surface area contributed by atoms with Crippen LogP contribution in [0.5, 0.6) is 0 Å². The zero-order valence-corrected chi connectivity index (χ0v) is 11.1. The van der Waals surface area contributed by atoms with Crippen LogP contribution in [0.2, 0.25) is 10.0 Å². The first kappa shape index (κ1) is 13.7. The van der Waals surface area contributed by atoms with Crippen molar-refractivity contribution in [3.63, 3.8) is 0 Å². The number of rotatable bonds is 3. The third kappa shape index (κ3) is 3.31.